The van der Waals surface area contributed by atoms with Crippen LogP contribution in [0.1, 0.15) is 22.3 Å². The number of hydrogen-bond donors (Lipinski definition) is 2. The van der Waals surface area contributed by atoms with Crippen LogP contribution in [-0.2, 0) is 4.74 Å². The van der Waals surface area contributed by atoms with Gasteiger partial charge < -0.3 is 15.8 Å². The quantitative estimate of drug-likeness (QED) is 0.613. The smallest absolute Gasteiger partial charge is 0.252 e. The Morgan fingerprint density at radius 1 is 1.53 bits per heavy atom. The molecule has 1 aromatic carbocycles. The summed E-state index contributed by atoms with van der Waals surface area (Å²) in [6, 6.07) is 3.88. The van der Waals surface area contributed by atoms with Crippen molar-refractivity contribution >= 4 is 5.91 Å². The van der Waals surface area contributed by atoms with Crippen molar-refractivity contribution in [1.29, 1.82) is 0 Å². The van der Waals surface area contributed by atoms with E-state index in [2.05, 4.69) is 17.2 Å². The van der Waals surface area contributed by atoms with Crippen LogP contribution >= 0.6 is 0 Å². The Morgan fingerprint density at radius 3 is 3.00 bits per heavy atom. The average Bonchev–Trinajstić information content (AvgIpc) is 2.41. The minimum atomic E-state index is -0.433. The largest absolute Gasteiger partial charge is 0.385 e. The fourth-order valence-corrected chi connectivity index (χ4v) is 1.48. The van der Waals surface area contributed by atoms with Gasteiger partial charge in [-0.05, 0) is 24.6 Å². The van der Waals surface area contributed by atoms with Gasteiger partial charge in [-0.1, -0.05) is 11.8 Å². The maximum Gasteiger partial charge on any atom is 0.252 e. The molecule has 1 aromatic rings. The third-order valence-electron chi connectivity index (χ3n) is 2.36. The fourth-order valence-electron chi connectivity index (χ4n) is 1.48. The van der Waals surface area contributed by atoms with E-state index in [1.54, 1.807) is 7.11 Å². The van der Waals surface area contributed by atoms with Gasteiger partial charge in [0.25, 0.3) is 5.91 Å². The third-order valence-corrected chi connectivity index (χ3v) is 2.36. The second kappa shape index (κ2) is 8.25. The summed E-state index contributed by atoms with van der Waals surface area (Å²) in [5.41, 5.74) is 5.96. The minimum Gasteiger partial charge on any atom is -0.385 e. The molecular formula is C14H17FN2O2. The molecule has 4 nitrogen and oxygen atoms in total. The normalized spacial score (nSPS) is 9.63. The van der Waals surface area contributed by atoms with Crippen LogP contribution in [0.2, 0.25) is 0 Å². The first-order chi connectivity index (χ1) is 9.19. The zero-order chi connectivity index (χ0) is 14.1. The zero-order valence-corrected chi connectivity index (χ0v) is 10.8. The van der Waals surface area contributed by atoms with Gasteiger partial charge in [0, 0.05) is 25.8 Å². The van der Waals surface area contributed by atoms with E-state index in [0.717, 1.165) is 0 Å². The van der Waals surface area contributed by atoms with E-state index < -0.39 is 5.82 Å². The maximum atomic E-state index is 13.1. The van der Waals surface area contributed by atoms with Gasteiger partial charge in [-0.25, -0.2) is 4.39 Å². The highest BCUT2D eigenvalue weighted by molar-refractivity contribution is 5.96. The molecular weight excluding hydrogens is 247 g/mol. The van der Waals surface area contributed by atoms with Gasteiger partial charge in [-0.2, -0.15) is 0 Å². The van der Waals surface area contributed by atoms with E-state index in [-0.39, 0.29) is 12.5 Å². The Morgan fingerprint density at radius 2 is 2.32 bits per heavy atom. The van der Waals surface area contributed by atoms with Crippen molar-refractivity contribution in [3.63, 3.8) is 0 Å². The van der Waals surface area contributed by atoms with Gasteiger partial charge in [0.15, 0.2) is 0 Å². The van der Waals surface area contributed by atoms with Gasteiger partial charge >= 0.3 is 0 Å². The highest BCUT2D eigenvalue weighted by Crippen LogP contribution is 2.10. The Labute approximate surface area is 112 Å². The number of rotatable bonds is 5. The lowest BCUT2D eigenvalue weighted by atomic mass is 10.1. The molecule has 0 aliphatic heterocycles. The lowest BCUT2D eigenvalue weighted by Crippen LogP contribution is -2.26. The molecule has 19 heavy (non-hydrogen) atoms. The number of carbonyl (C=O) groups excluding carboxylic acids is 1. The first kappa shape index (κ1) is 15.2. The molecule has 0 bridgehead atoms. The van der Waals surface area contributed by atoms with Gasteiger partial charge in [-0.3, -0.25) is 4.79 Å². The van der Waals surface area contributed by atoms with E-state index in [9.17, 15) is 9.18 Å². The number of nitrogens with two attached hydrogens (primary N) is 1. The molecule has 0 saturated carbocycles. The van der Waals surface area contributed by atoms with Crippen molar-refractivity contribution in [2.75, 3.05) is 26.8 Å². The molecule has 5 heteroatoms. The van der Waals surface area contributed by atoms with Crippen molar-refractivity contribution in [2.45, 2.75) is 6.42 Å². The van der Waals surface area contributed by atoms with Crippen LogP contribution in [0, 0.1) is 17.7 Å². The van der Waals surface area contributed by atoms with Gasteiger partial charge in [0.1, 0.15) is 5.82 Å². The highest BCUT2D eigenvalue weighted by Gasteiger charge is 2.10. The number of amides is 1. The number of benzene rings is 1. The molecule has 0 aliphatic rings. The zero-order valence-electron chi connectivity index (χ0n) is 10.8. The molecule has 0 spiro atoms. The van der Waals surface area contributed by atoms with Crippen LogP contribution in [0.5, 0.6) is 0 Å². The van der Waals surface area contributed by atoms with Gasteiger partial charge in [0.05, 0.1) is 12.1 Å². The van der Waals surface area contributed by atoms with Crippen LogP contribution in [0.4, 0.5) is 4.39 Å². The molecule has 0 fully saturated rings. The fraction of sp³-hybridized carbons (Fsp3) is 0.357. The Hall–Kier alpha value is -1.90. The summed E-state index contributed by atoms with van der Waals surface area (Å²) < 4.78 is 18.0. The summed E-state index contributed by atoms with van der Waals surface area (Å²) in [5.74, 6) is 4.60. The van der Waals surface area contributed by atoms with Crippen molar-refractivity contribution in [2.24, 2.45) is 5.73 Å². The Bertz CT molecular complexity index is 492. The predicted octanol–water partition coefficient (Wildman–Crippen LogP) is 0.902. The Balaban J connectivity index is 2.78. The number of carbonyl (C=O) groups is 1. The van der Waals surface area contributed by atoms with Crippen LogP contribution in [0.15, 0.2) is 18.2 Å². The van der Waals surface area contributed by atoms with E-state index >= 15 is 0 Å². The third kappa shape index (κ3) is 5.08. The topological polar surface area (TPSA) is 64.3 Å². The van der Waals surface area contributed by atoms with E-state index in [4.69, 9.17) is 10.5 Å². The molecule has 0 saturated heterocycles. The standard InChI is InChI=1S/C14H17FN2O2/c1-19-9-3-8-17-14(18)13-6-5-12(15)10-11(13)4-2-7-16/h5-6,10H,3,7-9,16H2,1H3,(H,17,18). The number of hydrogen-bond acceptors (Lipinski definition) is 3. The Kier molecular flexibility index (Phi) is 6.58. The minimum absolute atomic E-state index is 0.158. The van der Waals surface area contributed by atoms with Crippen LogP contribution in [0.3, 0.4) is 0 Å². The van der Waals surface area contributed by atoms with Crippen molar-refractivity contribution in [3.05, 3.63) is 35.1 Å². The molecule has 102 valence electrons. The summed E-state index contributed by atoms with van der Waals surface area (Å²) in [5, 5.41) is 2.73. The second-order valence-electron chi connectivity index (χ2n) is 3.80. The van der Waals surface area contributed by atoms with Crippen LogP contribution in [0.25, 0.3) is 0 Å². The second-order valence-corrected chi connectivity index (χ2v) is 3.80. The highest BCUT2D eigenvalue weighted by atomic mass is 19.1. The average molecular weight is 264 g/mol. The van der Waals surface area contributed by atoms with Crippen molar-refractivity contribution in [3.8, 4) is 11.8 Å². The molecule has 1 rings (SSSR count). The first-order valence-electron chi connectivity index (χ1n) is 5.94. The molecule has 0 unspecified atom stereocenters. The number of methoxy groups -OCH3 is 1. The van der Waals surface area contributed by atoms with Crippen LogP contribution < -0.4 is 11.1 Å². The monoisotopic (exact) mass is 264 g/mol. The summed E-state index contributed by atoms with van der Waals surface area (Å²) in [4.78, 5) is 11.9. The summed E-state index contributed by atoms with van der Waals surface area (Å²) in [7, 11) is 1.60. The molecule has 1 amide bonds. The lowest BCUT2D eigenvalue weighted by molar-refractivity contribution is 0.0948. The molecule has 0 atom stereocenters. The summed E-state index contributed by atoms with van der Waals surface area (Å²) in [6.45, 7) is 1.22. The summed E-state index contributed by atoms with van der Waals surface area (Å²) >= 11 is 0. The molecule has 0 aliphatic carbocycles. The van der Waals surface area contributed by atoms with E-state index in [1.165, 1.54) is 18.2 Å². The molecule has 3 N–H and O–H groups in total. The SMILES string of the molecule is COCCCNC(=O)c1ccc(F)cc1C#CCN. The summed E-state index contributed by atoms with van der Waals surface area (Å²) in [6.07, 6.45) is 0.716. The molecule has 0 aromatic heterocycles. The van der Waals surface area contributed by atoms with Crippen molar-refractivity contribution < 1.29 is 13.9 Å². The molecule has 0 radical (unpaired) electrons. The van der Waals surface area contributed by atoms with Crippen molar-refractivity contribution in [1.82, 2.24) is 5.32 Å². The number of nitrogens with one attached hydrogen (secondary N) is 1. The molecule has 0 heterocycles. The van der Waals surface area contributed by atoms with E-state index in [1.807, 2.05) is 0 Å². The van der Waals surface area contributed by atoms with Gasteiger partial charge in [-0.15, -0.1) is 0 Å². The number of ether oxygens (including phenoxy) is 1. The van der Waals surface area contributed by atoms with E-state index in [0.29, 0.717) is 30.7 Å². The maximum absolute atomic E-state index is 13.1. The number of halogens is 1. The first-order valence-corrected chi connectivity index (χ1v) is 5.94. The van der Waals surface area contributed by atoms with Crippen LogP contribution in [-0.4, -0.2) is 32.7 Å². The predicted molar refractivity (Wildman–Crippen MR) is 71.2 cm³/mol. The van der Waals surface area contributed by atoms with Gasteiger partial charge in [0.2, 0.25) is 0 Å². The lowest BCUT2D eigenvalue weighted by Gasteiger charge is -2.07.